The average Bonchev–Trinajstić information content (AvgIpc) is 3.16. The van der Waals surface area contributed by atoms with E-state index in [1.165, 1.54) is 205 Å². The lowest BCUT2D eigenvalue weighted by Gasteiger charge is -2.07. The van der Waals surface area contributed by atoms with E-state index in [1.54, 1.807) is 0 Å². The van der Waals surface area contributed by atoms with E-state index in [2.05, 4.69) is 57.2 Å². The zero-order chi connectivity index (χ0) is 38.4. The van der Waals surface area contributed by atoms with Crippen molar-refractivity contribution < 1.29 is 9.53 Å². The van der Waals surface area contributed by atoms with Crippen LogP contribution in [0, 0.1) is 5.92 Å². The summed E-state index contributed by atoms with van der Waals surface area (Å²) in [5, 5.41) is 0. The molecule has 1 atom stereocenters. The van der Waals surface area contributed by atoms with Crippen LogP contribution in [0.1, 0.15) is 271 Å². The van der Waals surface area contributed by atoms with Crippen molar-refractivity contribution in [2.75, 3.05) is 6.61 Å². The zero-order valence-corrected chi connectivity index (χ0v) is 36.6. The molecule has 312 valence electrons. The highest BCUT2D eigenvalue weighted by atomic mass is 16.5. The molecule has 0 spiro atoms. The van der Waals surface area contributed by atoms with Gasteiger partial charge < -0.3 is 4.74 Å². The number of unbranched alkanes of at least 4 members (excludes halogenated alkanes) is 31. The van der Waals surface area contributed by atoms with Crippen LogP contribution in [-0.2, 0) is 9.53 Å². The summed E-state index contributed by atoms with van der Waals surface area (Å²) in [5.74, 6) is 0.948. The molecule has 0 amide bonds. The second-order valence-electron chi connectivity index (χ2n) is 16.7. The van der Waals surface area contributed by atoms with Gasteiger partial charge in [-0.3, -0.25) is 4.79 Å². The number of allylic oxidation sites excluding steroid dienone is 6. The molecular weight excluding hydrogens is 645 g/mol. The first-order chi connectivity index (χ1) is 26.2. The molecule has 0 bridgehead atoms. The van der Waals surface area contributed by atoms with E-state index in [4.69, 9.17) is 4.74 Å². The van der Waals surface area contributed by atoms with Gasteiger partial charge in [0.25, 0.3) is 0 Å². The largest absolute Gasteiger partial charge is 0.466 e. The molecule has 0 rings (SSSR count). The summed E-state index contributed by atoms with van der Waals surface area (Å²) in [6.07, 6.45) is 65.6. The Morgan fingerprint density at radius 1 is 0.415 bits per heavy atom. The minimum atomic E-state index is 0.0106. The van der Waals surface area contributed by atoms with Crippen molar-refractivity contribution in [3.8, 4) is 0 Å². The Bertz CT molecular complexity index is 779. The molecule has 0 aromatic rings. The van der Waals surface area contributed by atoms with Gasteiger partial charge in [0.15, 0.2) is 0 Å². The normalized spacial score (nSPS) is 12.6. The van der Waals surface area contributed by atoms with Crippen molar-refractivity contribution in [2.45, 2.75) is 271 Å². The molecule has 1 unspecified atom stereocenters. The molecule has 53 heavy (non-hydrogen) atoms. The number of ether oxygens (including phenoxy) is 1. The molecule has 0 heterocycles. The second-order valence-corrected chi connectivity index (χ2v) is 16.7. The van der Waals surface area contributed by atoms with E-state index in [0.29, 0.717) is 13.0 Å². The van der Waals surface area contributed by atoms with Crippen molar-refractivity contribution in [3.05, 3.63) is 36.5 Å². The number of carbonyl (C=O) groups excluding carboxylic acids is 1. The van der Waals surface area contributed by atoms with E-state index in [0.717, 1.165) is 44.4 Å². The predicted molar refractivity (Wildman–Crippen MR) is 239 cm³/mol. The standard InChI is InChI=1S/C51H96O2/c1-4-6-7-8-9-10-11-12-26-30-33-36-39-42-45-48-51(52)53-49-46-43-40-37-34-31-28-25-23-21-19-17-15-13-14-16-18-20-22-24-27-29-32-35-38-41-44-47-50(3)5-2/h6-7,9-10,12,26,50H,4-5,8,11,13-25,27-49H2,1-3H3/b7-6-,10-9-,26-12-. The van der Waals surface area contributed by atoms with Crippen molar-refractivity contribution in [2.24, 2.45) is 5.92 Å². The SMILES string of the molecule is CC/C=C\C/C=C\C/C=C\CCCCCCCC(=O)OCCCCCCCCCCCCCCCCCCCCCCCCCCCCCC(C)CC. The first-order valence-electron chi connectivity index (χ1n) is 24.3. The van der Waals surface area contributed by atoms with Crippen LogP contribution in [0.25, 0.3) is 0 Å². The van der Waals surface area contributed by atoms with Crippen molar-refractivity contribution in [1.82, 2.24) is 0 Å². The van der Waals surface area contributed by atoms with Crippen LogP contribution in [0.15, 0.2) is 36.5 Å². The quantitative estimate of drug-likeness (QED) is 0.0353. The smallest absolute Gasteiger partial charge is 0.305 e. The Morgan fingerprint density at radius 3 is 1.17 bits per heavy atom. The molecule has 0 aromatic carbocycles. The lowest BCUT2D eigenvalue weighted by molar-refractivity contribution is -0.143. The molecule has 0 aromatic heterocycles. The summed E-state index contributed by atoms with van der Waals surface area (Å²) in [4.78, 5) is 12.0. The number of rotatable bonds is 44. The van der Waals surface area contributed by atoms with Crippen LogP contribution >= 0.6 is 0 Å². The molecule has 0 aliphatic heterocycles. The third kappa shape index (κ3) is 46.8. The highest BCUT2D eigenvalue weighted by Gasteiger charge is 2.03. The van der Waals surface area contributed by atoms with Gasteiger partial charge in [0.1, 0.15) is 0 Å². The molecule has 0 fully saturated rings. The maximum Gasteiger partial charge on any atom is 0.305 e. The molecule has 0 aliphatic rings. The van der Waals surface area contributed by atoms with Gasteiger partial charge in [-0.05, 0) is 50.9 Å². The predicted octanol–water partition coefficient (Wildman–Crippen LogP) is 18.1. The average molecular weight is 741 g/mol. The Labute approximate surface area is 334 Å². The summed E-state index contributed by atoms with van der Waals surface area (Å²) in [5.41, 5.74) is 0. The monoisotopic (exact) mass is 741 g/mol. The van der Waals surface area contributed by atoms with Gasteiger partial charge in [-0.2, -0.15) is 0 Å². The maximum absolute atomic E-state index is 12.0. The number of carbonyl (C=O) groups is 1. The van der Waals surface area contributed by atoms with Crippen LogP contribution in [0.3, 0.4) is 0 Å². The Kier molecular flexibility index (Phi) is 45.7. The lowest BCUT2D eigenvalue weighted by atomic mass is 9.99. The van der Waals surface area contributed by atoms with E-state index < -0.39 is 0 Å². The number of hydrogen-bond acceptors (Lipinski definition) is 2. The molecule has 2 heteroatoms. The summed E-state index contributed by atoms with van der Waals surface area (Å²) in [6, 6.07) is 0. The molecule has 0 saturated carbocycles. The molecular formula is C51H96O2. The second kappa shape index (κ2) is 46.8. The first kappa shape index (κ1) is 51.7. The molecule has 0 radical (unpaired) electrons. The van der Waals surface area contributed by atoms with Gasteiger partial charge in [-0.15, -0.1) is 0 Å². The summed E-state index contributed by atoms with van der Waals surface area (Å²) < 4.78 is 5.47. The minimum Gasteiger partial charge on any atom is -0.466 e. The first-order valence-corrected chi connectivity index (χ1v) is 24.3. The van der Waals surface area contributed by atoms with Crippen molar-refractivity contribution >= 4 is 5.97 Å². The Hall–Kier alpha value is -1.31. The summed E-state index contributed by atoms with van der Waals surface area (Å²) >= 11 is 0. The van der Waals surface area contributed by atoms with E-state index in [1.807, 2.05) is 0 Å². The topological polar surface area (TPSA) is 26.3 Å². The fourth-order valence-corrected chi connectivity index (χ4v) is 7.36. The number of esters is 1. The molecule has 0 N–H and O–H groups in total. The maximum atomic E-state index is 12.0. The van der Waals surface area contributed by atoms with Crippen LogP contribution in [0.5, 0.6) is 0 Å². The fourth-order valence-electron chi connectivity index (χ4n) is 7.36. The van der Waals surface area contributed by atoms with Crippen LogP contribution in [0.2, 0.25) is 0 Å². The van der Waals surface area contributed by atoms with Crippen molar-refractivity contribution in [1.29, 1.82) is 0 Å². The highest BCUT2D eigenvalue weighted by molar-refractivity contribution is 5.69. The van der Waals surface area contributed by atoms with Crippen LogP contribution in [-0.4, -0.2) is 12.6 Å². The van der Waals surface area contributed by atoms with Gasteiger partial charge in [0.2, 0.25) is 0 Å². The third-order valence-corrected chi connectivity index (χ3v) is 11.3. The van der Waals surface area contributed by atoms with Gasteiger partial charge in [0, 0.05) is 6.42 Å². The van der Waals surface area contributed by atoms with Gasteiger partial charge in [-0.1, -0.05) is 256 Å². The van der Waals surface area contributed by atoms with Crippen molar-refractivity contribution in [3.63, 3.8) is 0 Å². The van der Waals surface area contributed by atoms with Crippen LogP contribution < -0.4 is 0 Å². The molecule has 0 saturated heterocycles. The highest BCUT2D eigenvalue weighted by Crippen LogP contribution is 2.18. The van der Waals surface area contributed by atoms with Gasteiger partial charge in [0.05, 0.1) is 6.61 Å². The van der Waals surface area contributed by atoms with Crippen LogP contribution in [0.4, 0.5) is 0 Å². The Balaban J connectivity index is 3.18. The van der Waals surface area contributed by atoms with Gasteiger partial charge >= 0.3 is 5.97 Å². The molecule has 2 nitrogen and oxygen atoms in total. The minimum absolute atomic E-state index is 0.0106. The zero-order valence-electron chi connectivity index (χ0n) is 36.6. The number of hydrogen-bond donors (Lipinski definition) is 0. The van der Waals surface area contributed by atoms with Gasteiger partial charge in [-0.25, -0.2) is 0 Å². The summed E-state index contributed by atoms with van der Waals surface area (Å²) in [7, 11) is 0. The Morgan fingerprint density at radius 2 is 0.755 bits per heavy atom. The van der Waals surface area contributed by atoms with E-state index >= 15 is 0 Å². The van der Waals surface area contributed by atoms with E-state index in [-0.39, 0.29) is 5.97 Å². The lowest BCUT2D eigenvalue weighted by Crippen LogP contribution is -2.05. The third-order valence-electron chi connectivity index (χ3n) is 11.3. The van der Waals surface area contributed by atoms with E-state index in [9.17, 15) is 4.79 Å². The fraction of sp³-hybridized carbons (Fsp3) is 0.863. The summed E-state index contributed by atoms with van der Waals surface area (Å²) in [6.45, 7) is 7.52. The molecule has 0 aliphatic carbocycles.